The molecule has 0 unspecified atom stereocenters. The molecule has 0 saturated carbocycles. The van der Waals surface area contributed by atoms with Crippen LogP contribution in [0.1, 0.15) is 28.4 Å². The lowest BCUT2D eigenvalue weighted by Gasteiger charge is -2.07. The summed E-state index contributed by atoms with van der Waals surface area (Å²) in [5.74, 6) is 1.59. The van der Waals surface area contributed by atoms with Gasteiger partial charge in [0, 0.05) is 36.2 Å². The fourth-order valence-corrected chi connectivity index (χ4v) is 2.94. The summed E-state index contributed by atoms with van der Waals surface area (Å²) in [6, 6.07) is 15.4. The van der Waals surface area contributed by atoms with Gasteiger partial charge in [-0.15, -0.1) is 0 Å². The van der Waals surface area contributed by atoms with Crippen LogP contribution in [0.4, 0.5) is 5.69 Å². The smallest absolute Gasteiger partial charge is 0.251 e. The molecule has 5 heteroatoms. The summed E-state index contributed by atoms with van der Waals surface area (Å²) < 4.78 is 0. The fraction of sp³-hybridized carbons (Fsp3) is 0.263. The monoisotopic (exact) mass is 342 g/mol. The average molecular weight is 342 g/mol. The summed E-state index contributed by atoms with van der Waals surface area (Å²) in [6.07, 6.45) is 0. The van der Waals surface area contributed by atoms with Crippen LogP contribution in [0.15, 0.2) is 48.5 Å². The molecule has 0 aromatic heterocycles. The van der Waals surface area contributed by atoms with Crippen molar-refractivity contribution in [2.45, 2.75) is 19.6 Å². The van der Waals surface area contributed by atoms with Crippen LogP contribution >= 0.6 is 11.8 Å². The predicted molar refractivity (Wildman–Crippen MR) is 100 cm³/mol. The first-order chi connectivity index (χ1) is 11.5. The average Bonchev–Trinajstić information content (AvgIpc) is 2.56. The summed E-state index contributed by atoms with van der Waals surface area (Å²) in [7, 11) is 0. The molecule has 0 heterocycles. The van der Waals surface area contributed by atoms with E-state index in [4.69, 9.17) is 0 Å². The van der Waals surface area contributed by atoms with Crippen molar-refractivity contribution in [2.24, 2.45) is 0 Å². The molecule has 0 aliphatic carbocycles. The number of rotatable bonds is 7. The van der Waals surface area contributed by atoms with E-state index in [0.29, 0.717) is 17.8 Å². The van der Waals surface area contributed by atoms with Gasteiger partial charge >= 0.3 is 0 Å². The number of benzene rings is 2. The summed E-state index contributed by atoms with van der Waals surface area (Å²) >= 11 is 1.80. The van der Waals surface area contributed by atoms with Crippen molar-refractivity contribution in [1.29, 1.82) is 0 Å². The molecule has 126 valence electrons. The Kier molecular flexibility index (Phi) is 6.88. The number of hydrogen-bond acceptors (Lipinski definition) is 3. The number of nitrogens with one attached hydrogen (secondary N) is 2. The first kappa shape index (κ1) is 18.1. The van der Waals surface area contributed by atoms with Gasteiger partial charge < -0.3 is 10.6 Å². The van der Waals surface area contributed by atoms with E-state index in [1.807, 2.05) is 0 Å². The summed E-state index contributed by atoms with van der Waals surface area (Å²) in [6.45, 7) is 4.16. The van der Waals surface area contributed by atoms with E-state index in [9.17, 15) is 9.59 Å². The van der Waals surface area contributed by atoms with Crippen LogP contribution in [0.3, 0.4) is 0 Å². The second kappa shape index (κ2) is 9.13. The molecule has 0 fully saturated rings. The van der Waals surface area contributed by atoms with E-state index in [2.05, 4.69) is 41.8 Å². The van der Waals surface area contributed by atoms with Gasteiger partial charge in [-0.05, 0) is 36.8 Å². The maximum absolute atomic E-state index is 12.0. The lowest BCUT2D eigenvalue weighted by molar-refractivity contribution is -0.114. The third kappa shape index (κ3) is 6.08. The molecule has 0 aliphatic heterocycles. The van der Waals surface area contributed by atoms with E-state index in [-0.39, 0.29) is 11.8 Å². The number of amides is 2. The molecular formula is C19H22N2O2S. The van der Waals surface area contributed by atoms with Gasteiger partial charge in [-0.2, -0.15) is 11.8 Å². The summed E-state index contributed by atoms with van der Waals surface area (Å²) in [5.41, 5.74) is 3.84. The second-order valence-corrected chi connectivity index (χ2v) is 6.66. The first-order valence-corrected chi connectivity index (χ1v) is 8.99. The van der Waals surface area contributed by atoms with Gasteiger partial charge in [-0.3, -0.25) is 9.59 Å². The molecule has 24 heavy (non-hydrogen) atoms. The van der Waals surface area contributed by atoms with Crippen LogP contribution in [0, 0.1) is 6.92 Å². The zero-order valence-electron chi connectivity index (χ0n) is 14.0. The lowest BCUT2D eigenvalue weighted by Crippen LogP contribution is -2.25. The molecular weight excluding hydrogens is 320 g/mol. The largest absolute Gasteiger partial charge is 0.351 e. The highest BCUT2D eigenvalue weighted by Gasteiger charge is 2.05. The van der Waals surface area contributed by atoms with Crippen molar-refractivity contribution in [3.05, 3.63) is 65.2 Å². The van der Waals surface area contributed by atoms with Crippen molar-refractivity contribution in [1.82, 2.24) is 5.32 Å². The topological polar surface area (TPSA) is 58.2 Å². The normalized spacial score (nSPS) is 10.2. The molecule has 2 aromatic rings. The molecule has 0 bridgehead atoms. The SMILES string of the molecule is CC(=O)Nc1ccc(C(=O)NCCSCc2ccc(C)cc2)cc1. The van der Waals surface area contributed by atoms with Crippen molar-refractivity contribution in [2.75, 3.05) is 17.6 Å². The van der Waals surface area contributed by atoms with Crippen molar-refractivity contribution < 1.29 is 9.59 Å². The van der Waals surface area contributed by atoms with Gasteiger partial charge in [0.15, 0.2) is 0 Å². The zero-order valence-corrected chi connectivity index (χ0v) is 14.8. The minimum Gasteiger partial charge on any atom is -0.351 e. The van der Waals surface area contributed by atoms with Crippen LogP contribution in [0.5, 0.6) is 0 Å². The van der Waals surface area contributed by atoms with Gasteiger partial charge in [0.1, 0.15) is 0 Å². The Balaban J connectivity index is 1.69. The molecule has 0 spiro atoms. The number of carbonyl (C=O) groups excluding carboxylic acids is 2. The third-order valence-electron chi connectivity index (χ3n) is 3.39. The molecule has 4 nitrogen and oxygen atoms in total. The number of carbonyl (C=O) groups is 2. The second-order valence-electron chi connectivity index (χ2n) is 5.55. The highest BCUT2D eigenvalue weighted by Crippen LogP contribution is 2.13. The fourth-order valence-electron chi connectivity index (χ4n) is 2.12. The first-order valence-electron chi connectivity index (χ1n) is 7.84. The van der Waals surface area contributed by atoms with Crippen LogP contribution < -0.4 is 10.6 Å². The zero-order chi connectivity index (χ0) is 17.4. The molecule has 0 radical (unpaired) electrons. The van der Waals surface area contributed by atoms with E-state index in [1.54, 1.807) is 36.0 Å². The Bertz CT molecular complexity index is 682. The molecule has 2 rings (SSSR count). The number of thioether (sulfide) groups is 1. The Morgan fingerprint density at radius 2 is 1.67 bits per heavy atom. The van der Waals surface area contributed by atoms with Gasteiger partial charge in [0.2, 0.25) is 5.91 Å². The Labute approximate surface area is 147 Å². The minimum absolute atomic E-state index is 0.0969. The van der Waals surface area contributed by atoms with Gasteiger partial charge in [0.25, 0.3) is 5.91 Å². The van der Waals surface area contributed by atoms with Gasteiger partial charge in [-0.1, -0.05) is 29.8 Å². The third-order valence-corrected chi connectivity index (χ3v) is 4.42. The van der Waals surface area contributed by atoms with Crippen molar-refractivity contribution in [3.8, 4) is 0 Å². The summed E-state index contributed by atoms with van der Waals surface area (Å²) in [4.78, 5) is 23.0. The molecule has 0 saturated heterocycles. The van der Waals surface area contributed by atoms with E-state index in [1.165, 1.54) is 18.1 Å². The van der Waals surface area contributed by atoms with Gasteiger partial charge in [-0.25, -0.2) is 0 Å². The quantitative estimate of drug-likeness (QED) is 0.756. The molecule has 0 atom stereocenters. The molecule has 2 N–H and O–H groups in total. The minimum atomic E-state index is -0.127. The Morgan fingerprint density at radius 3 is 2.29 bits per heavy atom. The van der Waals surface area contributed by atoms with Crippen LogP contribution in [-0.4, -0.2) is 24.1 Å². The van der Waals surface area contributed by atoms with Crippen molar-refractivity contribution in [3.63, 3.8) is 0 Å². The highest BCUT2D eigenvalue weighted by atomic mass is 32.2. The van der Waals surface area contributed by atoms with E-state index in [0.717, 1.165) is 11.5 Å². The van der Waals surface area contributed by atoms with Gasteiger partial charge in [0.05, 0.1) is 0 Å². The Hall–Kier alpha value is -2.27. The molecule has 2 amide bonds. The maximum Gasteiger partial charge on any atom is 0.251 e. The maximum atomic E-state index is 12.0. The number of aryl methyl sites for hydroxylation is 1. The van der Waals surface area contributed by atoms with Crippen LogP contribution in [0.25, 0.3) is 0 Å². The van der Waals surface area contributed by atoms with Crippen LogP contribution in [0.2, 0.25) is 0 Å². The van der Waals surface area contributed by atoms with E-state index >= 15 is 0 Å². The predicted octanol–water partition coefficient (Wildman–Crippen LogP) is 3.62. The standard InChI is InChI=1S/C19H22N2O2S/c1-14-3-5-16(6-4-14)13-24-12-11-20-19(23)17-7-9-18(10-8-17)21-15(2)22/h3-10H,11-13H2,1-2H3,(H,20,23)(H,21,22). The number of hydrogen-bond donors (Lipinski definition) is 2. The molecule has 0 aliphatic rings. The lowest BCUT2D eigenvalue weighted by atomic mass is 10.2. The van der Waals surface area contributed by atoms with Crippen molar-refractivity contribution >= 4 is 29.3 Å². The highest BCUT2D eigenvalue weighted by molar-refractivity contribution is 7.98. The summed E-state index contributed by atoms with van der Waals surface area (Å²) in [5, 5.41) is 5.58. The Morgan fingerprint density at radius 1 is 1.00 bits per heavy atom. The van der Waals surface area contributed by atoms with E-state index < -0.39 is 0 Å². The molecule has 2 aromatic carbocycles. The number of anilines is 1. The van der Waals surface area contributed by atoms with Crippen LogP contribution in [-0.2, 0) is 10.5 Å².